The van der Waals surface area contributed by atoms with E-state index in [2.05, 4.69) is 72.3 Å². The van der Waals surface area contributed by atoms with E-state index in [9.17, 15) is 4.79 Å². The standard InChI is InChI=1S/C14H14.C4H4N2O.ClHO4/c1-11-7-6-8-12(2)14(11)13-9-4-3-5-10-13;7-4-1-2-5-3-6-4;2-1(3,4)5/h3-10H,1-2H3;1-3H,(H,5,6,7);(H,2,3,4,5). The minimum Gasteiger partial charge on any atom is -0.313 e. The lowest BCUT2D eigenvalue weighted by molar-refractivity contribution is -1.92. The SMILES string of the molecule is Cc1cccc(C)c1-c1ccccc1.O=c1ccnc[nH]1.[O-][Cl+3]([O-])([O-])O. The second-order valence-electron chi connectivity index (χ2n) is 5.13. The summed E-state index contributed by atoms with van der Waals surface area (Å²) in [6.07, 6.45) is 2.79. The smallest absolute Gasteiger partial charge is 0.250 e. The van der Waals surface area contributed by atoms with Gasteiger partial charge in [-0.25, -0.2) is 4.98 Å². The van der Waals surface area contributed by atoms with Gasteiger partial charge in [0.25, 0.3) is 5.56 Å². The topological polar surface area (TPSA) is 135 Å². The van der Waals surface area contributed by atoms with Crippen LogP contribution >= 0.6 is 0 Å². The molecule has 7 nitrogen and oxygen atoms in total. The van der Waals surface area contributed by atoms with Crippen molar-refractivity contribution >= 4 is 0 Å². The Morgan fingerprint density at radius 1 is 0.923 bits per heavy atom. The number of H-pyrrole nitrogens is 1. The number of aromatic amines is 1. The van der Waals surface area contributed by atoms with Crippen molar-refractivity contribution in [1.29, 1.82) is 0 Å². The highest BCUT2D eigenvalue weighted by molar-refractivity contribution is 5.70. The molecule has 3 aromatic rings. The molecule has 3 rings (SSSR count). The minimum absolute atomic E-state index is 0.116. The van der Waals surface area contributed by atoms with Crippen molar-refractivity contribution in [2.24, 2.45) is 0 Å². The molecule has 138 valence electrons. The molecule has 1 heterocycles. The Kier molecular flexibility index (Phi) is 8.63. The third-order valence-corrected chi connectivity index (χ3v) is 3.14. The van der Waals surface area contributed by atoms with Gasteiger partial charge in [0.05, 0.1) is 21.2 Å². The number of aromatic nitrogens is 2. The monoisotopic (exact) mass is 378 g/mol. The van der Waals surface area contributed by atoms with Gasteiger partial charge in [-0.3, -0.25) is 4.79 Å². The molecule has 2 aromatic carbocycles. The van der Waals surface area contributed by atoms with Crippen LogP contribution in [0.1, 0.15) is 11.1 Å². The number of nitrogens with zero attached hydrogens (tertiary/aromatic N) is 1. The van der Waals surface area contributed by atoms with Crippen molar-refractivity contribution in [1.82, 2.24) is 9.97 Å². The molecule has 0 amide bonds. The van der Waals surface area contributed by atoms with E-state index in [4.69, 9.17) is 18.6 Å². The van der Waals surface area contributed by atoms with Crippen LogP contribution in [0.2, 0.25) is 0 Å². The molecule has 1 aromatic heterocycles. The lowest BCUT2D eigenvalue weighted by atomic mass is 9.96. The normalized spacial score (nSPS) is 10.1. The molecule has 2 N–H and O–H groups in total. The summed E-state index contributed by atoms with van der Waals surface area (Å²) in [7, 11) is -4.69. The number of hydrogen-bond acceptors (Lipinski definition) is 6. The Balaban J connectivity index is 0.000000235. The summed E-state index contributed by atoms with van der Waals surface area (Å²) in [6.45, 7) is 4.32. The zero-order valence-electron chi connectivity index (χ0n) is 14.3. The molecule has 26 heavy (non-hydrogen) atoms. The Labute approximate surface area is 153 Å². The maximum atomic E-state index is 10.2. The fourth-order valence-electron chi connectivity index (χ4n) is 2.18. The van der Waals surface area contributed by atoms with Gasteiger partial charge in [0.2, 0.25) is 0 Å². The van der Waals surface area contributed by atoms with Crippen LogP contribution in [0, 0.1) is 24.1 Å². The molecular weight excluding hydrogens is 360 g/mol. The van der Waals surface area contributed by atoms with Gasteiger partial charge in [-0.2, -0.15) is 14.0 Å². The van der Waals surface area contributed by atoms with Crippen molar-refractivity contribution in [3.8, 4) is 11.1 Å². The maximum absolute atomic E-state index is 10.2. The fraction of sp³-hybridized carbons (Fsp3) is 0.111. The molecule has 0 atom stereocenters. The molecule has 0 aliphatic carbocycles. The second-order valence-corrected chi connectivity index (χ2v) is 5.92. The van der Waals surface area contributed by atoms with E-state index in [1.807, 2.05) is 0 Å². The first-order valence-corrected chi connectivity index (χ1v) is 8.68. The van der Waals surface area contributed by atoms with Gasteiger partial charge in [0, 0.05) is 12.3 Å². The number of benzene rings is 2. The van der Waals surface area contributed by atoms with Gasteiger partial charge in [-0.05, 0) is 36.1 Å². The summed E-state index contributed by atoms with van der Waals surface area (Å²) in [4.78, 5) is 16.1. The summed E-state index contributed by atoms with van der Waals surface area (Å²) >= 11 is 0. The van der Waals surface area contributed by atoms with Gasteiger partial charge in [0.15, 0.2) is 0 Å². The van der Waals surface area contributed by atoms with E-state index >= 15 is 0 Å². The fourth-order valence-corrected chi connectivity index (χ4v) is 2.18. The number of aryl methyl sites for hydroxylation is 2. The predicted molar refractivity (Wildman–Crippen MR) is 88.4 cm³/mol. The molecule has 0 radical (unpaired) electrons. The molecular formula is C18H19ClN2O5. The third-order valence-electron chi connectivity index (χ3n) is 3.14. The van der Waals surface area contributed by atoms with Crippen LogP contribution in [-0.4, -0.2) is 14.6 Å². The number of rotatable bonds is 1. The van der Waals surface area contributed by atoms with E-state index < -0.39 is 10.2 Å². The molecule has 0 spiro atoms. The van der Waals surface area contributed by atoms with Gasteiger partial charge in [-0.15, -0.1) is 0 Å². The first-order chi connectivity index (χ1) is 12.2. The van der Waals surface area contributed by atoms with Crippen molar-refractivity contribution in [3.63, 3.8) is 0 Å². The van der Waals surface area contributed by atoms with Crippen molar-refractivity contribution in [3.05, 3.63) is 88.6 Å². The average Bonchev–Trinajstić information content (AvgIpc) is 2.55. The summed E-state index contributed by atoms with van der Waals surface area (Å²) < 4.78 is 32.7. The summed E-state index contributed by atoms with van der Waals surface area (Å²) in [6, 6.07) is 18.3. The maximum Gasteiger partial charge on any atom is 0.250 e. The van der Waals surface area contributed by atoms with Crippen LogP contribution in [0.25, 0.3) is 11.1 Å². The number of nitrogens with one attached hydrogen (secondary N) is 1. The van der Waals surface area contributed by atoms with E-state index in [-0.39, 0.29) is 5.56 Å². The Bertz CT molecular complexity index is 804. The van der Waals surface area contributed by atoms with Crippen LogP contribution in [0.4, 0.5) is 0 Å². The molecule has 0 saturated carbocycles. The zero-order chi connectivity index (χ0) is 19.6. The van der Waals surface area contributed by atoms with Gasteiger partial charge < -0.3 is 4.98 Å². The molecule has 0 unspecified atom stereocenters. The van der Waals surface area contributed by atoms with Gasteiger partial charge >= 0.3 is 0 Å². The summed E-state index contributed by atoms with van der Waals surface area (Å²) in [5.74, 6) is 0. The van der Waals surface area contributed by atoms with Gasteiger partial charge in [-0.1, -0.05) is 48.5 Å². The Morgan fingerprint density at radius 2 is 1.46 bits per heavy atom. The lowest BCUT2D eigenvalue weighted by Gasteiger charge is -2.09. The molecule has 0 aliphatic rings. The average molecular weight is 379 g/mol. The predicted octanol–water partition coefficient (Wildman–Crippen LogP) is -0.384. The molecule has 0 bridgehead atoms. The summed E-state index contributed by atoms with van der Waals surface area (Å²) in [5.41, 5.74) is 5.25. The largest absolute Gasteiger partial charge is 0.313 e. The third kappa shape index (κ3) is 9.07. The molecule has 0 fully saturated rings. The summed E-state index contributed by atoms with van der Waals surface area (Å²) in [5, 5.41) is 0. The van der Waals surface area contributed by atoms with Crippen LogP contribution in [-0.2, 0) is 0 Å². The van der Waals surface area contributed by atoms with Crippen LogP contribution < -0.4 is 19.5 Å². The first kappa shape index (κ1) is 21.5. The number of halogens is 1. The number of hydrogen-bond donors (Lipinski definition) is 2. The Morgan fingerprint density at radius 3 is 1.85 bits per heavy atom. The van der Waals surface area contributed by atoms with E-state index in [1.165, 1.54) is 40.8 Å². The van der Waals surface area contributed by atoms with Crippen LogP contribution in [0.5, 0.6) is 0 Å². The minimum atomic E-state index is -4.69. The van der Waals surface area contributed by atoms with E-state index in [1.54, 1.807) is 0 Å². The van der Waals surface area contributed by atoms with Crippen molar-refractivity contribution in [2.75, 3.05) is 0 Å². The quantitative estimate of drug-likeness (QED) is 0.592. The molecule has 0 saturated heterocycles. The van der Waals surface area contributed by atoms with Gasteiger partial charge in [0.1, 0.15) is 0 Å². The molecule has 0 aliphatic heterocycles. The van der Waals surface area contributed by atoms with Crippen LogP contribution in [0.15, 0.2) is 71.9 Å². The second kappa shape index (κ2) is 10.4. The van der Waals surface area contributed by atoms with E-state index in [0.29, 0.717) is 0 Å². The zero-order valence-corrected chi connectivity index (χ0v) is 15.0. The van der Waals surface area contributed by atoms with Crippen molar-refractivity contribution in [2.45, 2.75) is 13.8 Å². The highest BCUT2D eigenvalue weighted by Gasteiger charge is 2.03. The Hall–Kier alpha value is -2.55. The van der Waals surface area contributed by atoms with E-state index in [0.717, 1.165) is 0 Å². The highest BCUT2D eigenvalue weighted by atomic mass is 35.7. The lowest BCUT2D eigenvalue weighted by Crippen LogP contribution is -2.58. The van der Waals surface area contributed by atoms with Crippen LogP contribution in [0.3, 0.4) is 0 Å². The molecule has 8 heteroatoms. The van der Waals surface area contributed by atoms with Crippen molar-refractivity contribution < 1.29 is 28.9 Å². The highest BCUT2D eigenvalue weighted by Crippen LogP contribution is 2.26. The first-order valence-electron chi connectivity index (χ1n) is 7.42.